The Hall–Kier alpha value is -2.54. The van der Waals surface area contributed by atoms with Crippen LogP contribution in [0.2, 0.25) is 5.02 Å². The summed E-state index contributed by atoms with van der Waals surface area (Å²) in [4.78, 5) is 26.3. The lowest BCUT2D eigenvalue weighted by Gasteiger charge is -2.04. The van der Waals surface area contributed by atoms with Crippen LogP contribution in [0.25, 0.3) is 0 Å². The number of esters is 1. The first-order chi connectivity index (χ1) is 10.0. The Kier molecular flexibility index (Phi) is 4.44. The minimum absolute atomic E-state index is 0.0202. The van der Waals surface area contributed by atoms with Crippen LogP contribution in [0.1, 0.15) is 27.8 Å². The van der Waals surface area contributed by atoms with E-state index in [1.807, 2.05) is 0 Å². The van der Waals surface area contributed by atoms with Crippen molar-refractivity contribution in [2.45, 2.75) is 6.92 Å². The van der Waals surface area contributed by atoms with Crippen molar-refractivity contribution in [1.29, 1.82) is 0 Å². The van der Waals surface area contributed by atoms with Crippen LogP contribution in [-0.2, 0) is 4.74 Å². The van der Waals surface area contributed by atoms with Gasteiger partial charge < -0.3 is 19.6 Å². The molecule has 0 aliphatic heterocycles. The lowest BCUT2D eigenvalue weighted by molar-refractivity contribution is 0.0519. The normalized spacial score (nSPS) is 10.2. The summed E-state index contributed by atoms with van der Waals surface area (Å²) in [7, 11) is 0. The van der Waals surface area contributed by atoms with Crippen LogP contribution in [0.3, 0.4) is 0 Å². The van der Waals surface area contributed by atoms with Crippen LogP contribution >= 0.6 is 11.6 Å². The number of anilines is 2. The van der Waals surface area contributed by atoms with Crippen molar-refractivity contribution in [3.8, 4) is 0 Å². The highest BCUT2D eigenvalue weighted by Gasteiger charge is 2.14. The number of carboxylic acids is 1. The first-order valence-electron chi connectivity index (χ1n) is 5.93. The molecule has 0 unspecified atom stereocenters. The third kappa shape index (κ3) is 3.51. The summed E-state index contributed by atoms with van der Waals surface area (Å²) in [5.74, 6) is -1.75. The molecule has 8 heteroatoms. The summed E-state index contributed by atoms with van der Waals surface area (Å²) < 4.78 is 9.84. The maximum atomic E-state index is 11.4. The van der Waals surface area contributed by atoms with Gasteiger partial charge in [0.2, 0.25) is 0 Å². The number of carbonyl (C=O) groups excluding carboxylic acids is 1. The number of aromatic carboxylic acids is 1. The standard InChI is InChI=1S/C13H11ClN2O5/c1-2-20-12(19)10-6-21-13(16-10)15-7-3-4-9(14)8(5-7)11(17)18/h3-6H,2H2,1H3,(H,15,16)(H,17,18). The first kappa shape index (κ1) is 14.9. The fourth-order valence-electron chi connectivity index (χ4n) is 1.52. The Morgan fingerprint density at radius 2 is 2.24 bits per heavy atom. The molecular weight excluding hydrogens is 300 g/mol. The van der Waals surface area contributed by atoms with Crippen molar-refractivity contribution in [3.05, 3.63) is 40.7 Å². The molecule has 0 amide bonds. The van der Waals surface area contributed by atoms with Crippen molar-refractivity contribution >= 4 is 35.2 Å². The van der Waals surface area contributed by atoms with Gasteiger partial charge >= 0.3 is 11.9 Å². The highest BCUT2D eigenvalue weighted by atomic mass is 35.5. The summed E-state index contributed by atoms with van der Waals surface area (Å²) in [5, 5.41) is 11.8. The van der Waals surface area contributed by atoms with Gasteiger partial charge in [-0.25, -0.2) is 9.59 Å². The van der Waals surface area contributed by atoms with E-state index in [9.17, 15) is 9.59 Å². The number of hydrogen-bond donors (Lipinski definition) is 2. The lowest BCUT2D eigenvalue weighted by atomic mass is 10.2. The van der Waals surface area contributed by atoms with Gasteiger partial charge in [0.15, 0.2) is 5.69 Å². The SMILES string of the molecule is CCOC(=O)c1coc(Nc2ccc(Cl)c(C(=O)O)c2)n1. The van der Waals surface area contributed by atoms with Gasteiger partial charge in [0, 0.05) is 5.69 Å². The van der Waals surface area contributed by atoms with Gasteiger partial charge in [-0.05, 0) is 25.1 Å². The second-order valence-electron chi connectivity index (χ2n) is 3.88. The molecule has 2 N–H and O–H groups in total. The molecule has 1 aromatic carbocycles. The third-order valence-electron chi connectivity index (χ3n) is 2.44. The Bertz CT molecular complexity index is 683. The van der Waals surface area contributed by atoms with Gasteiger partial charge in [0.05, 0.1) is 17.2 Å². The first-order valence-corrected chi connectivity index (χ1v) is 6.31. The van der Waals surface area contributed by atoms with Crippen molar-refractivity contribution < 1.29 is 23.8 Å². The summed E-state index contributed by atoms with van der Waals surface area (Å²) in [6.45, 7) is 1.91. The minimum Gasteiger partial charge on any atom is -0.478 e. The van der Waals surface area contributed by atoms with Gasteiger partial charge in [-0.1, -0.05) is 11.6 Å². The molecule has 0 fully saturated rings. The number of oxazole rings is 1. The predicted octanol–water partition coefficient (Wildman–Crippen LogP) is 2.95. The lowest BCUT2D eigenvalue weighted by Crippen LogP contribution is -2.05. The molecule has 0 saturated heterocycles. The number of benzene rings is 1. The van der Waals surface area contributed by atoms with Gasteiger partial charge in [-0.15, -0.1) is 0 Å². The molecular formula is C13H11ClN2O5. The smallest absolute Gasteiger partial charge is 0.360 e. The molecule has 21 heavy (non-hydrogen) atoms. The zero-order valence-electron chi connectivity index (χ0n) is 10.9. The van der Waals surface area contributed by atoms with Crippen LogP contribution in [0.4, 0.5) is 11.7 Å². The van der Waals surface area contributed by atoms with E-state index in [0.717, 1.165) is 6.26 Å². The van der Waals surface area contributed by atoms with Crippen LogP contribution in [0.15, 0.2) is 28.9 Å². The highest BCUT2D eigenvalue weighted by Crippen LogP contribution is 2.23. The summed E-state index contributed by atoms with van der Waals surface area (Å²) >= 11 is 5.77. The number of carbonyl (C=O) groups is 2. The molecule has 0 atom stereocenters. The van der Waals surface area contributed by atoms with E-state index >= 15 is 0 Å². The predicted molar refractivity (Wildman–Crippen MR) is 74.2 cm³/mol. The zero-order valence-corrected chi connectivity index (χ0v) is 11.7. The van der Waals surface area contributed by atoms with E-state index in [1.165, 1.54) is 12.1 Å². The van der Waals surface area contributed by atoms with Crippen molar-refractivity contribution in [3.63, 3.8) is 0 Å². The van der Waals surface area contributed by atoms with Crippen LogP contribution in [0, 0.1) is 0 Å². The minimum atomic E-state index is -1.15. The topological polar surface area (TPSA) is 102 Å². The number of ether oxygens (including phenoxy) is 1. The second-order valence-corrected chi connectivity index (χ2v) is 4.29. The number of aromatic nitrogens is 1. The maximum absolute atomic E-state index is 11.4. The molecule has 2 aromatic rings. The van der Waals surface area contributed by atoms with Crippen LogP contribution in [0.5, 0.6) is 0 Å². The Balaban J connectivity index is 2.17. The highest BCUT2D eigenvalue weighted by molar-refractivity contribution is 6.33. The van der Waals surface area contributed by atoms with Gasteiger partial charge in [-0.2, -0.15) is 4.98 Å². The number of nitrogens with one attached hydrogen (secondary N) is 1. The van der Waals surface area contributed by atoms with E-state index in [4.69, 9.17) is 25.9 Å². The molecule has 0 bridgehead atoms. The maximum Gasteiger partial charge on any atom is 0.360 e. The third-order valence-corrected chi connectivity index (χ3v) is 2.77. The molecule has 110 valence electrons. The van der Waals surface area contributed by atoms with Gasteiger partial charge in [-0.3, -0.25) is 0 Å². The Morgan fingerprint density at radius 1 is 1.48 bits per heavy atom. The molecule has 0 aliphatic carbocycles. The molecule has 0 spiro atoms. The molecule has 0 radical (unpaired) electrons. The Morgan fingerprint density at radius 3 is 2.90 bits per heavy atom. The summed E-state index contributed by atoms with van der Waals surface area (Å²) in [5.41, 5.74) is 0.375. The molecule has 7 nitrogen and oxygen atoms in total. The van der Waals surface area contributed by atoms with E-state index in [2.05, 4.69) is 10.3 Å². The molecule has 1 aromatic heterocycles. The fraction of sp³-hybridized carbons (Fsp3) is 0.154. The average molecular weight is 311 g/mol. The average Bonchev–Trinajstić information content (AvgIpc) is 2.89. The monoisotopic (exact) mass is 310 g/mol. The summed E-state index contributed by atoms with van der Waals surface area (Å²) in [6.07, 6.45) is 1.15. The molecule has 0 saturated carbocycles. The van der Waals surface area contributed by atoms with Crippen LogP contribution in [-0.4, -0.2) is 28.6 Å². The molecule has 1 heterocycles. The van der Waals surface area contributed by atoms with Crippen molar-refractivity contribution in [2.24, 2.45) is 0 Å². The van der Waals surface area contributed by atoms with Crippen molar-refractivity contribution in [1.82, 2.24) is 4.98 Å². The van der Waals surface area contributed by atoms with Crippen molar-refractivity contribution in [2.75, 3.05) is 11.9 Å². The molecule has 2 rings (SSSR count). The van der Waals surface area contributed by atoms with E-state index in [-0.39, 0.29) is 28.9 Å². The Labute approximate surface area is 124 Å². The fourth-order valence-corrected chi connectivity index (χ4v) is 1.72. The number of hydrogen-bond acceptors (Lipinski definition) is 6. The van der Waals surface area contributed by atoms with E-state index in [1.54, 1.807) is 13.0 Å². The number of rotatable bonds is 5. The quantitative estimate of drug-likeness (QED) is 0.818. The summed E-state index contributed by atoms with van der Waals surface area (Å²) in [6, 6.07) is 4.36. The van der Waals surface area contributed by atoms with Gasteiger partial charge in [0.25, 0.3) is 6.01 Å². The van der Waals surface area contributed by atoms with Gasteiger partial charge in [0.1, 0.15) is 6.26 Å². The molecule has 0 aliphatic rings. The number of halogens is 1. The largest absolute Gasteiger partial charge is 0.478 e. The number of nitrogens with zero attached hydrogens (tertiary/aromatic N) is 1. The van der Waals surface area contributed by atoms with Crippen LogP contribution < -0.4 is 5.32 Å². The second kappa shape index (κ2) is 6.27. The van der Waals surface area contributed by atoms with E-state index < -0.39 is 11.9 Å². The zero-order chi connectivity index (χ0) is 15.4. The van der Waals surface area contributed by atoms with E-state index in [0.29, 0.717) is 5.69 Å². The number of carboxylic acid groups (broad SMARTS) is 1.